The van der Waals surface area contributed by atoms with E-state index >= 15 is 0 Å². The largest absolute Gasteiger partial charge is 0.447 e. The third-order valence-corrected chi connectivity index (χ3v) is 3.93. The highest BCUT2D eigenvalue weighted by molar-refractivity contribution is 7.89. The first-order valence-corrected chi connectivity index (χ1v) is 7.78. The zero-order valence-electron chi connectivity index (χ0n) is 11.7. The first-order valence-electron chi connectivity index (χ1n) is 6.30. The van der Waals surface area contributed by atoms with Gasteiger partial charge in [0.15, 0.2) is 0 Å². The van der Waals surface area contributed by atoms with Crippen molar-refractivity contribution in [2.24, 2.45) is 0 Å². The van der Waals surface area contributed by atoms with Gasteiger partial charge in [0.05, 0.1) is 19.2 Å². The number of nitrogens with one attached hydrogen (secondary N) is 2. The number of rotatable bonds is 9. The lowest BCUT2D eigenvalue weighted by Gasteiger charge is -2.09. The van der Waals surface area contributed by atoms with Gasteiger partial charge in [-0.1, -0.05) is 12.8 Å². The van der Waals surface area contributed by atoms with Crippen molar-refractivity contribution in [1.29, 1.82) is 0 Å². The average molecular weight is 300 g/mol. The highest BCUT2D eigenvalue weighted by Crippen LogP contribution is 2.14. The molecule has 1 unspecified atom stereocenters. The van der Waals surface area contributed by atoms with Gasteiger partial charge >= 0.3 is 0 Å². The van der Waals surface area contributed by atoms with E-state index in [0.29, 0.717) is 31.9 Å². The predicted molar refractivity (Wildman–Crippen MR) is 75.5 cm³/mol. The summed E-state index contributed by atoms with van der Waals surface area (Å²) in [6, 6.07) is 2.50. The quantitative estimate of drug-likeness (QED) is 0.518. The molecule has 112 valence electrons. The maximum Gasteiger partial charge on any atom is 0.275 e. The van der Waals surface area contributed by atoms with Gasteiger partial charge in [0.25, 0.3) is 10.0 Å². The fourth-order valence-corrected chi connectivity index (χ4v) is 2.65. The average Bonchev–Trinajstić information content (AvgIpc) is 2.90. The lowest BCUT2D eigenvalue weighted by Crippen LogP contribution is -2.32. The number of terminal acetylenes is 1. The smallest absolute Gasteiger partial charge is 0.275 e. The van der Waals surface area contributed by atoms with E-state index in [0.717, 1.165) is 0 Å². The molecule has 0 aliphatic carbocycles. The Morgan fingerprint density at radius 1 is 1.50 bits per heavy atom. The zero-order valence-corrected chi connectivity index (χ0v) is 12.5. The van der Waals surface area contributed by atoms with E-state index in [1.165, 1.54) is 6.07 Å². The number of methoxy groups -OCH3 is 1. The van der Waals surface area contributed by atoms with E-state index in [-0.39, 0.29) is 5.09 Å². The fourth-order valence-electron chi connectivity index (χ4n) is 1.46. The molecule has 0 bridgehead atoms. The van der Waals surface area contributed by atoms with Crippen molar-refractivity contribution < 1.29 is 17.6 Å². The zero-order chi connectivity index (χ0) is 15.0. The van der Waals surface area contributed by atoms with E-state index < -0.39 is 16.1 Å². The third-order valence-electron chi connectivity index (χ3n) is 2.59. The van der Waals surface area contributed by atoms with Crippen molar-refractivity contribution in [3.8, 4) is 12.3 Å². The molecule has 7 heteroatoms. The predicted octanol–water partition coefficient (Wildman–Crippen LogP) is 0.706. The lowest BCUT2D eigenvalue weighted by molar-refractivity contribution is 0.198. The van der Waals surface area contributed by atoms with Crippen molar-refractivity contribution >= 4 is 10.0 Å². The Balaban J connectivity index is 2.63. The minimum absolute atomic E-state index is 0.130. The van der Waals surface area contributed by atoms with Crippen LogP contribution in [-0.4, -0.2) is 34.7 Å². The lowest BCUT2D eigenvalue weighted by atomic mass is 10.3. The van der Waals surface area contributed by atoms with Crippen molar-refractivity contribution in [2.45, 2.75) is 31.0 Å². The molecule has 2 N–H and O–H groups in total. The minimum Gasteiger partial charge on any atom is -0.447 e. The number of furan rings is 1. The fraction of sp³-hybridized carbons (Fsp3) is 0.538. The summed E-state index contributed by atoms with van der Waals surface area (Å²) in [6.45, 7) is 3.48. The van der Waals surface area contributed by atoms with Gasteiger partial charge < -0.3 is 14.5 Å². The maximum atomic E-state index is 12.0. The Kier molecular flexibility index (Phi) is 6.75. The second-order valence-corrected chi connectivity index (χ2v) is 5.78. The van der Waals surface area contributed by atoms with Crippen LogP contribution in [0.1, 0.15) is 19.1 Å². The molecule has 0 spiro atoms. The Bertz CT molecular complexity index is 545. The number of ether oxygens (including phenoxy) is 1. The molecule has 1 heterocycles. The van der Waals surface area contributed by atoms with Crippen LogP contribution in [0.4, 0.5) is 0 Å². The summed E-state index contributed by atoms with van der Waals surface area (Å²) in [5.74, 6) is 2.91. The molecule has 1 aromatic heterocycles. The number of sulfonamides is 1. The van der Waals surface area contributed by atoms with E-state index in [9.17, 15) is 8.42 Å². The topological polar surface area (TPSA) is 80.6 Å². The molecule has 0 aromatic carbocycles. The Labute approximate surface area is 119 Å². The molecule has 0 saturated heterocycles. The summed E-state index contributed by atoms with van der Waals surface area (Å²) in [6.07, 6.45) is 5.75. The van der Waals surface area contributed by atoms with Crippen LogP contribution in [0.25, 0.3) is 0 Å². The molecule has 0 fully saturated rings. The molecule has 1 aromatic rings. The summed E-state index contributed by atoms with van der Waals surface area (Å²) in [7, 11) is -2.10. The molecule has 0 saturated carbocycles. The molecule has 6 nitrogen and oxygen atoms in total. The van der Waals surface area contributed by atoms with Crippen LogP contribution in [0.15, 0.2) is 21.6 Å². The van der Waals surface area contributed by atoms with E-state index in [4.69, 9.17) is 15.6 Å². The number of hydrogen-bond acceptors (Lipinski definition) is 5. The van der Waals surface area contributed by atoms with E-state index in [1.54, 1.807) is 20.1 Å². The van der Waals surface area contributed by atoms with E-state index in [2.05, 4.69) is 16.0 Å². The van der Waals surface area contributed by atoms with Gasteiger partial charge in [-0.3, -0.25) is 0 Å². The van der Waals surface area contributed by atoms with Gasteiger partial charge in [0.1, 0.15) is 5.76 Å². The van der Waals surface area contributed by atoms with Gasteiger partial charge in [-0.2, -0.15) is 4.72 Å². The molecule has 20 heavy (non-hydrogen) atoms. The highest BCUT2D eigenvalue weighted by Gasteiger charge is 2.21. The highest BCUT2D eigenvalue weighted by atomic mass is 32.2. The standard InChI is InChI=1S/C13H20N2O4S/c1-4-11(5-2)15-20(16,17)13-7-6-12(19-13)10-14-8-9-18-3/h1,6-7,11,14-15H,5,8-10H2,2-3H3. The molecule has 1 rings (SSSR count). The van der Waals surface area contributed by atoms with Crippen LogP contribution in [-0.2, 0) is 21.3 Å². The van der Waals surface area contributed by atoms with Gasteiger partial charge in [0.2, 0.25) is 5.09 Å². The van der Waals surface area contributed by atoms with Gasteiger partial charge in [-0.05, 0) is 18.6 Å². The molecule has 0 aliphatic rings. The Morgan fingerprint density at radius 3 is 2.85 bits per heavy atom. The summed E-state index contributed by atoms with van der Waals surface area (Å²) in [5.41, 5.74) is 0. The number of hydrogen-bond donors (Lipinski definition) is 2. The van der Waals surface area contributed by atoms with Gasteiger partial charge in [-0.25, -0.2) is 8.42 Å². The second-order valence-electron chi connectivity index (χ2n) is 4.14. The normalized spacial score (nSPS) is 13.1. The summed E-state index contributed by atoms with van der Waals surface area (Å²) >= 11 is 0. The molecule has 1 atom stereocenters. The van der Waals surface area contributed by atoms with Crippen molar-refractivity contribution in [3.05, 3.63) is 17.9 Å². The van der Waals surface area contributed by atoms with Crippen molar-refractivity contribution in [3.63, 3.8) is 0 Å². The van der Waals surface area contributed by atoms with Crippen LogP contribution in [0.2, 0.25) is 0 Å². The SMILES string of the molecule is C#CC(CC)NS(=O)(=O)c1ccc(CNCCOC)o1. The second kappa shape index (κ2) is 8.07. The maximum absolute atomic E-state index is 12.0. The minimum atomic E-state index is -3.71. The van der Waals surface area contributed by atoms with Gasteiger partial charge in [0, 0.05) is 13.7 Å². The molecule has 0 aliphatic heterocycles. The van der Waals surface area contributed by atoms with Crippen LogP contribution >= 0.6 is 0 Å². The monoisotopic (exact) mass is 300 g/mol. The van der Waals surface area contributed by atoms with Crippen LogP contribution < -0.4 is 10.0 Å². The van der Waals surface area contributed by atoms with Crippen molar-refractivity contribution in [2.75, 3.05) is 20.3 Å². The molecular weight excluding hydrogens is 280 g/mol. The molecule has 0 radical (unpaired) electrons. The Morgan fingerprint density at radius 2 is 2.25 bits per heavy atom. The van der Waals surface area contributed by atoms with Crippen LogP contribution in [0, 0.1) is 12.3 Å². The third kappa shape index (κ3) is 4.98. The molecule has 0 amide bonds. The Hall–Kier alpha value is -1.33. The first kappa shape index (κ1) is 16.7. The van der Waals surface area contributed by atoms with Crippen molar-refractivity contribution in [1.82, 2.24) is 10.0 Å². The molecular formula is C13H20N2O4S. The summed E-state index contributed by atoms with van der Waals surface area (Å²) < 4.78 is 36.6. The van der Waals surface area contributed by atoms with Crippen LogP contribution in [0.5, 0.6) is 0 Å². The van der Waals surface area contributed by atoms with Gasteiger partial charge in [-0.15, -0.1) is 6.42 Å². The summed E-state index contributed by atoms with van der Waals surface area (Å²) in [4.78, 5) is 0. The van der Waals surface area contributed by atoms with Crippen LogP contribution in [0.3, 0.4) is 0 Å². The summed E-state index contributed by atoms with van der Waals surface area (Å²) in [5, 5.41) is 2.93. The van der Waals surface area contributed by atoms with E-state index in [1.807, 2.05) is 0 Å². The first-order chi connectivity index (χ1) is 9.53.